The van der Waals surface area contributed by atoms with E-state index in [1.807, 2.05) is 17.4 Å². The molecule has 3 aromatic heterocycles. The summed E-state index contributed by atoms with van der Waals surface area (Å²) in [6.07, 6.45) is 0. The van der Waals surface area contributed by atoms with Crippen molar-refractivity contribution >= 4 is 31.5 Å². The van der Waals surface area contributed by atoms with Crippen molar-refractivity contribution in [3.05, 3.63) is 224 Å². The Morgan fingerprint density at radius 1 is 0.295 bits per heavy atom. The Kier molecular flexibility index (Phi) is 9.38. The van der Waals surface area contributed by atoms with Crippen LogP contribution >= 0.6 is 11.3 Å². The summed E-state index contributed by atoms with van der Waals surface area (Å²) in [6, 6.07) is 79.0. The Morgan fingerprint density at radius 2 is 0.754 bits per heavy atom. The van der Waals surface area contributed by atoms with E-state index in [-0.39, 0.29) is 0 Å². The second kappa shape index (κ2) is 15.8. The van der Waals surface area contributed by atoms with Gasteiger partial charge in [0.05, 0.1) is 22.8 Å². The summed E-state index contributed by atoms with van der Waals surface area (Å²) in [5.41, 5.74) is 15.2. The summed E-state index contributed by atoms with van der Waals surface area (Å²) >= 11 is 1.82. The lowest BCUT2D eigenvalue weighted by molar-refractivity contribution is 1.19. The Morgan fingerprint density at radius 3 is 1.36 bits per heavy atom. The van der Waals surface area contributed by atoms with E-state index in [2.05, 4.69) is 218 Å². The summed E-state index contributed by atoms with van der Waals surface area (Å²) in [7, 11) is 0. The van der Waals surface area contributed by atoms with Crippen molar-refractivity contribution < 1.29 is 0 Å². The topological polar surface area (TPSA) is 38.7 Å². The normalized spacial score (nSPS) is 11.3. The monoisotopic (exact) mass is 795 g/mol. The zero-order valence-electron chi connectivity index (χ0n) is 33.1. The molecular weight excluding hydrogens is 759 g/mol. The molecular formula is C57H37N3S. The summed E-state index contributed by atoms with van der Waals surface area (Å²) in [5.74, 6) is 0.666. The molecule has 0 radical (unpaired) electrons. The lowest BCUT2D eigenvalue weighted by atomic mass is 9.83. The highest BCUT2D eigenvalue weighted by atomic mass is 32.1. The third-order valence-corrected chi connectivity index (χ3v) is 12.5. The minimum Gasteiger partial charge on any atom is -0.246 e. The van der Waals surface area contributed by atoms with Crippen LogP contribution in [0.15, 0.2) is 224 Å². The molecule has 61 heavy (non-hydrogen) atoms. The van der Waals surface area contributed by atoms with Crippen molar-refractivity contribution in [3.8, 4) is 89.8 Å². The number of aromatic nitrogens is 3. The van der Waals surface area contributed by atoms with E-state index in [0.29, 0.717) is 5.82 Å². The van der Waals surface area contributed by atoms with Crippen LogP contribution in [0.1, 0.15) is 0 Å². The standard InChI is InChI=1S/C57H37N3S/c1-6-20-38(21-7-1)48-37-49(47-34-19-33-46-45-32-16-17-35-50(45)61-56(46)47)59-57(58-48)44-31-18-30-43(36-44)51-52(39-22-8-2-9-23-39)54(41-26-12-4-13-27-41)60-55(42-28-14-5-15-29-42)53(51)40-24-10-3-11-25-40/h1-37H. The van der Waals surface area contributed by atoms with Crippen molar-refractivity contribution in [1.82, 2.24) is 15.0 Å². The van der Waals surface area contributed by atoms with Crippen LogP contribution in [0.4, 0.5) is 0 Å². The van der Waals surface area contributed by atoms with Gasteiger partial charge in [0.15, 0.2) is 5.82 Å². The number of fused-ring (bicyclic) bond motifs is 3. The van der Waals surface area contributed by atoms with Gasteiger partial charge >= 0.3 is 0 Å². The van der Waals surface area contributed by atoms with E-state index in [1.54, 1.807) is 0 Å². The van der Waals surface area contributed by atoms with Crippen LogP contribution in [0.25, 0.3) is 110 Å². The SMILES string of the molecule is c1ccc(-c2cc(-c3cccc4c3sc3ccccc34)nc(-c3cccc(-c4c(-c5ccccc5)c(-c5ccccc5)nc(-c5ccccc5)c4-c4ccccc4)c3)n2)cc1. The fourth-order valence-electron chi connectivity index (χ4n) is 8.49. The summed E-state index contributed by atoms with van der Waals surface area (Å²) in [6.45, 7) is 0. The van der Waals surface area contributed by atoms with Gasteiger partial charge in [-0.25, -0.2) is 15.0 Å². The highest BCUT2D eigenvalue weighted by Crippen LogP contribution is 2.49. The maximum atomic E-state index is 5.64. The first-order valence-electron chi connectivity index (χ1n) is 20.5. The number of thiophene rings is 1. The van der Waals surface area contributed by atoms with Crippen molar-refractivity contribution in [2.75, 3.05) is 0 Å². The Balaban J connectivity index is 1.20. The highest BCUT2D eigenvalue weighted by Gasteiger charge is 2.26. The molecule has 0 spiro atoms. The summed E-state index contributed by atoms with van der Waals surface area (Å²) in [4.78, 5) is 16.4. The summed E-state index contributed by atoms with van der Waals surface area (Å²) in [5, 5.41) is 2.50. The quantitative estimate of drug-likeness (QED) is 0.154. The minimum atomic E-state index is 0.666. The molecule has 0 aliphatic carbocycles. The van der Waals surface area contributed by atoms with Crippen molar-refractivity contribution in [2.45, 2.75) is 0 Å². The highest BCUT2D eigenvalue weighted by molar-refractivity contribution is 7.26. The third kappa shape index (κ3) is 6.79. The lowest BCUT2D eigenvalue weighted by Crippen LogP contribution is -2.02. The largest absolute Gasteiger partial charge is 0.246 e. The molecule has 0 saturated carbocycles. The van der Waals surface area contributed by atoms with E-state index in [9.17, 15) is 0 Å². The van der Waals surface area contributed by atoms with Gasteiger partial charge in [-0.1, -0.05) is 206 Å². The molecule has 0 atom stereocenters. The first-order valence-corrected chi connectivity index (χ1v) is 21.3. The molecule has 11 rings (SSSR count). The maximum Gasteiger partial charge on any atom is 0.160 e. The van der Waals surface area contributed by atoms with Gasteiger partial charge in [-0.05, 0) is 34.9 Å². The fraction of sp³-hybridized carbons (Fsp3) is 0. The molecule has 8 aromatic carbocycles. The number of benzene rings is 8. The zero-order chi connectivity index (χ0) is 40.5. The Bertz CT molecular complexity index is 3230. The molecule has 286 valence electrons. The zero-order valence-corrected chi connectivity index (χ0v) is 33.9. The molecule has 3 heterocycles. The number of nitrogens with zero attached hydrogens (tertiary/aromatic N) is 3. The van der Waals surface area contributed by atoms with Gasteiger partial charge in [-0.15, -0.1) is 11.3 Å². The number of hydrogen-bond donors (Lipinski definition) is 0. The fourth-order valence-corrected chi connectivity index (χ4v) is 9.71. The number of hydrogen-bond acceptors (Lipinski definition) is 4. The predicted octanol–water partition coefficient (Wildman–Crippen LogP) is 15.6. The van der Waals surface area contributed by atoms with E-state index in [0.717, 1.165) is 84.0 Å². The van der Waals surface area contributed by atoms with Gasteiger partial charge in [0.25, 0.3) is 0 Å². The van der Waals surface area contributed by atoms with Gasteiger partial charge in [0.2, 0.25) is 0 Å². The average Bonchev–Trinajstić information content (AvgIpc) is 3.74. The molecule has 0 aliphatic heterocycles. The smallest absolute Gasteiger partial charge is 0.160 e. The van der Waals surface area contributed by atoms with Crippen LogP contribution in [-0.4, -0.2) is 15.0 Å². The molecule has 0 saturated heterocycles. The molecule has 0 N–H and O–H groups in total. The van der Waals surface area contributed by atoms with Gasteiger partial charge in [-0.2, -0.15) is 0 Å². The Hall–Kier alpha value is -7.79. The third-order valence-electron chi connectivity index (χ3n) is 11.3. The van der Waals surface area contributed by atoms with Crippen LogP contribution in [0, 0.1) is 0 Å². The van der Waals surface area contributed by atoms with Gasteiger partial charge < -0.3 is 0 Å². The van der Waals surface area contributed by atoms with Crippen molar-refractivity contribution in [2.24, 2.45) is 0 Å². The van der Waals surface area contributed by atoms with E-state index >= 15 is 0 Å². The van der Waals surface area contributed by atoms with Crippen LogP contribution in [0.2, 0.25) is 0 Å². The molecule has 0 amide bonds. The number of pyridine rings is 1. The molecule has 11 aromatic rings. The average molecular weight is 796 g/mol. The van der Waals surface area contributed by atoms with E-state index in [4.69, 9.17) is 15.0 Å². The van der Waals surface area contributed by atoms with Gasteiger partial charge in [-0.3, -0.25) is 0 Å². The van der Waals surface area contributed by atoms with Crippen LogP contribution < -0.4 is 0 Å². The molecule has 0 unspecified atom stereocenters. The van der Waals surface area contributed by atoms with Crippen molar-refractivity contribution in [3.63, 3.8) is 0 Å². The molecule has 4 heteroatoms. The summed E-state index contributed by atoms with van der Waals surface area (Å²) < 4.78 is 2.49. The van der Waals surface area contributed by atoms with Crippen LogP contribution in [0.3, 0.4) is 0 Å². The molecule has 0 aliphatic rings. The van der Waals surface area contributed by atoms with Crippen LogP contribution in [0.5, 0.6) is 0 Å². The van der Waals surface area contributed by atoms with Gasteiger partial charge in [0, 0.05) is 64.7 Å². The first kappa shape index (κ1) is 36.3. The second-order valence-corrected chi connectivity index (χ2v) is 16.1. The van der Waals surface area contributed by atoms with E-state index in [1.165, 1.54) is 20.2 Å². The van der Waals surface area contributed by atoms with E-state index < -0.39 is 0 Å². The predicted molar refractivity (Wildman–Crippen MR) is 256 cm³/mol. The lowest BCUT2D eigenvalue weighted by Gasteiger charge is -2.23. The first-order chi connectivity index (χ1) is 30.3. The number of rotatable bonds is 8. The van der Waals surface area contributed by atoms with Crippen LogP contribution in [-0.2, 0) is 0 Å². The second-order valence-electron chi connectivity index (χ2n) is 15.1. The Labute approximate surface area is 359 Å². The maximum absolute atomic E-state index is 5.64. The molecule has 3 nitrogen and oxygen atoms in total. The molecule has 0 fully saturated rings. The minimum absolute atomic E-state index is 0.666. The molecule has 0 bridgehead atoms. The van der Waals surface area contributed by atoms with Gasteiger partial charge in [0.1, 0.15) is 0 Å². The van der Waals surface area contributed by atoms with Crippen molar-refractivity contribution in [1.29, 1.82) is 0 Å².